The number of thiazole rings is 1. The van der Waals surface area contributed by atoms with Gasteiger partial charge in [-0.2, -0.15) is 0 Å². The maximum atomic E-state index is 12.7. The molecule has 0 bridgehead atoms. The molecule has 1 saturated carbocycles. The number of ether oxygens (including phenoxy) is 1. The molecule has 0 radical (unpaired) electrons. The van der Waals surface area contributed by atoms with Crippen molar-refractivity contribution in [3.05, 3.63) is 45.9 Å². The molecule has 2 N–H and O–H groups in total. The molecule has 3 rings (SSSR count). The Morgan fingerprint density at radius 2 is 1.83 bits per heavy atom. The lowest BCUT2D eigenvalue weighted by molar-refractivity contribution is -0.122. The van der Waals surface area contributed by atoms with Gasteiger partial charge in [-0.3, -0.25) is 9.59 Å². The Bertz CT molecular complexity index is 834. The maximum absolute atomic E-state index is 12.7. The lowest BCUT2D eigenvalue weighted by atomic mass is 9.90. The highest BCUT2D eigenvalue weighted by atomic mass is 32.1. The van der Waals surface area contributed by atoms with Crippen molar-refractivity contribution in [2.24, 2.45) is 0 Å². The summed E-state index contributed by atoms with van der Waals surface area (Å²) in [4.78, 5) is 29.3. The first-order valence-corrected chi connectivity index (χ1v) is 11.7. The van der Waals surface area contributed by atoms with Gasteiger partial charge in [0, 0.05) is 23.9 Å². The maximum Gasteiger partial charge on any atom is 0.271 e. The van der Waals surface area contributed by atoms with Crippen LogP contribution in [0.3, 0.4) is 0 Å². The van der Waals surface area contributed by atoms with Crippen LogP contribution in [0.2, 0.25) is 0 Å². The predicted octanol–water partition coefficient (Wildman–Crippen LogP) is 4.38. The van der Waals surface area contributed by atoms with Gasteiger partial charge in [-0.25, -0.2) is 4.98 Å². The Labute approximate surface area is 182 Å². The van der Waals surface area contributed by atoms with Crippen molar-refractivity contribution in [1.29, 1.82) is 0 Å². The Hall–Kier alpha value is -2.41. The van der Waals surface area contributed by atoms with E-state index in [4.69, 9.17) is 4.74 Å². The van der Waals surface area contributed by atoms with Crippen molar-refractivity contribution in [3.8, 4) is 5.75 Å². The van der Waals surface area contributed by atoms with E-state index in [1.54, 1.807) is 5.38 Å². The van der Waals surface area contributed by atoms with E-state index in [9.17, 15) is 9.59 Å². The molecule has 1 aromatic carbocycles. The Morgan fingerprint density at radius 3 is 2.53 bits per heavy atom. The molecule has 0 saturated heterocycles. The van der Waals surface area contributed by atoms with E-state index < -0.39 is 0 Å². The summed E-state index contributed by atoms with van der Waals surface area (Å²) in [6.45, 7) is 4.44. The molecule has 2 aromatic rings. The van der Waals surface area contributed by atoms with Crippen LogP contribution >= 0.6 is 11.3 Å². The van der Waals surface area contributed by atoms with Crippen LogP contribution in [0.25, 0.3) is 0 Å². The van der Waals surface area contributed by atoms with Gasteiger partial charge in [0.1, 0.15) is 23.1 Å². The number of aromatic nitrogens is 1. The second-order valence-corrected chi connectivity index (χ2v) is 8.81. The van der Waals surface area contributed by atoms with Gasteiger partial charge in [-0.05, 0) is 38.3 Å². The second-order valence-electron chi connectivity index (χ2n) is 7.87. The van der Waals surface area contributed by atoms with Gasteiger partial charge < -0.3 is 15.4 Å². The molecular formula is C23H31N3O3S. The topological polar surface area (TPSA) is 80.3 Å². The minimum atomic E-state index is -0.187. The third kappa shape index (κ3) is 6.55. The second kappa shape index (κ2) is 11.1. The van der Waals surface area contributed by atoms with E-state index in [-0.39, 0.29) is 23.9 Å². The fraction of sp³-hybridized carbons (Fsp3) is 0.522. The predicted molar refractivity (Wildman–Crippen MR) is 119 cm³/mol. The summed E-state index contributed by atoms with van der Waals surface area (Å²) in [6.07, 6.45) is 6.33. The highest BCUT2D eigenvalue weighted by molar-refractivity contribution is 7.09. The lowest BCUT2D eigenvalue weighted by Gasteiger charge is -2.32. The number of nitrogens with one attached hydrogen (secondary N) is 2. The molecular weight excluding hydrogens is 398 g/mol. The number of carbonyl (C=O) groups is 2. The quantitative estimate of drug-likeness (QED) is 0.620. The van der Waals surface area contributed by atoms with E-state index in [1.807, 2.05) is 31.2 Å². The smallest absolute Gasteiger partial charge is 0.271 e. The SMILES string of the molecule is CCCCC(=O)NC1CCCCC1NC(=O)c1csc(COc2ccc(C)cc2)n1. The summed E-state index contributed by atoms with van der Waals surface area (Å²) < 4.78 is 5.75. The zero-order valence-corrected chi connectivity index (χ0v) is 18.6. The number of aryl methyl sites for hydroxylation is 1. The molecule has 0 spiro atoms. The van der Waals surface area contributed by atoms with Crippen molar-refractivity contribution in [2.75, 3.05) is 0 Å². The summed E-state index contributed by atoms with van der Waals surface area (Å²) in [6, 6.07) is 7.79. The molecule has 1 aromatic heterocycles. The van der Waals surface area contributed by atoms with E-state index >= 15 is 0 Å². The largest absolute Gasteiger partial charge is 0.486 e. The Balaban J connectivity index is 1.52. The zero-order chi connectivity index (χ0) is 21.3. The molecule has 6 nitrogen and oxygen atoms in total. The van der Waals surface area contributed by atoms with E-state index in [0.717, 1.165) is 49.3 Å². The first kappa shape index (κ1) is 22.3. The molecule has 0 aliphatic heterocycles. The van der Waals surface area contributed by atoms with E-state index in [1.165, 1.54) is 16.9 Å². The molecule has 30 heavy (non-hydrogen) atoms. The van der Waals surface area contributed by atoms with Crippen LogP contribution in [0.4, 0.5) is 0 Å². The standard InChI is InChI=1S/C23H31N3O3S/c1-3-4-9-21(27)24-18-7-5-6-8-19(18)26-23(28)20-15-30-22(25-20)14-29-17-12-10-16(2)11-13-17/h10-13,15,18-19H,3-9,14H2,1-2H3,(H,24,27)(H,26,28). The molecule has 2 atom stereocenters. The average Bonchev–Trinajstić information content (AvgIpc) is 3.22. The van der Waals surface area contributed by atoms with E-state index in [0.29, 0.717) is 18.7 Å². The first-order valence-electron chi connectivity index (χ1n) is 10.8. The molecule has 2 unspecified atom stereocenters. The highest BCUT2D eigenvalue weighted by Gasteiger charge is 2.28. The van der Waals surface area contributed by atoms with Crippen LogP contribution in [-0.4, -0.2) is 28.9 Å². The highest BCUT2D eigenvalue weighted by Crippen LogP contribution is 2.20. The normalized spacial score (nSPS) is 18.6. The van der Waals surface area contributed by atoms with Crippen LogP contribution in [0.1, 0.15) is 72.9 Å². The van der Waals surface area contributed by atoms with Crippen LogP contribution < -0.4 is 15.4 Å². The van der Waals surface area contributed by atoms with Gasteiger partial charge in [0.15, 0.2) is 0 Å². The molecule has 1 heterocycles. The average molecular weight is 430 g/mol. The van der Waals surface area contributed by atoms with Crippen LogP contribution in [-0.2, 0) is 11.4 Å². The third-order valence-corrected chi connectivity index (χ3v) is 6.18. The Morgan fingerprint density at radius 1 is 1.13 bits per heavy atom. The number of hydrogen-bond donors (Lipinski definition) is 2. The lowest BCUT2D eigenvalue weighted by Crippen LogP contribution is -2.53. The van der Waals surface area contributed by atoms with Crippen LogP contribution in [0.15, 0.2) is 29.6 Å². The fourth-order valence-corrected chi connectivity index (χ4v) is 4.28. The molecule has 1 aliphatic rings. The van der Waals surface area contributed by atoms with Gasteiger partial charge >= 0.3 is 0 Å². The number of benzene rings is 1. The number of nitrogens with zero attached hydrogens (tertiary/aromatic N) is 1. The molecule has 7 heteroatoms. The molecule has 1 aliphatic carbocycles. The van der Waals surface area contributed by atoms with E-state index in [2.05, 4.69) is 22.5 Å². The van der Waals surface area contributed by atoms with Gasteiger partial charge in [-0.1, -0.05) is 43.9 Å². The van der Waals surface area contributed by atoms with Gasteiger partial charge in [0.25, 0.3) is 5.91 Å². The van der Waals surface area contributed by atoms with Crippen LogP contribution in [0, 0.1) is 6.92 Å². The number of unbranched alkanes of at least 4 members (excludes halogenated alkanes) is 1. The van der Waals surface area contributed by atoms with Crippen molar-refractivity contribution < 1.29 is 14.3 Å². The van der Waals surface area contributed by atoms with Gasteiger partial charge in [0.05, 0.1) is 0 Å². The molecule has 162 valence electrons. The third-order valence-electron chi connectivity index (χ3n) is 5.35. The van der Waals surface area contributed by atoms with Gasteiger partial charge in [-0.15, -0.1) is 11.3 Å². The molecule has 1 fully saturated rings. The minimum Gasteiger partial charge on any atom is -0.486 e. The molecule has 2 amide bonds. The minimum absolute atomic E-state index is 0.00460. The van der Waals surface area contributed by atoms with Crippen LogP contribution in [0.5, 0.6) is 5.75 Å². The number of hydrogen-bond acceptors (Lipinski definition) is 5. The summed E-state index contributed by atoms with van der Waals surface area (Å²) in [7, 11) is 0. The number of amides is 2. The Kier molecular flexibility index (Phi) is 8.25. The summed E-state index contributed by atoms with van der Waals surface area (Å²) >= 11 is 1.42. The number of carbonyl (C=O) groups excluding carboxylic acids is 2. The van der Waals surface area contributed by atoms with Crippen molar-refractivity contribution >= 4 is 23.2 Å². The monoisotopic (exact) mass is 429 g/mol. The van der Waals surface area contributed by atoms with Crippen molar-refractivity contribution in [1.82, 2.24) is 15.6 Å². The summed E-state index contributed by atoms with van der Waals surface area (Å²) in [5, 5.41) is 8.73. The van der Waals surface area contributed by atoms with Crippen molar-refractivity contribution in [2.45, 2.75) is 77.5 Å². The van der Waals surface area contributed by atoms with Crippen molar-refractivity contribution in [3.63, 3.8) is 0 Å². The van der Waals surface area contributed by atoms with Gasteiger partial charge in [0.2, 0.25) is 5.91 Å². The summed E-state index contributed by atoms with van der Waals surface area (Å²) in [5.41, 5.74) is 1.59. The summed E-state index contributed by atoms with van der Waals surface area (Å²) in [5.74, 6) is 0.672. The zero-order valence-electron chi connectivity index (χ0n) is 17.8. The first-order chi connectivity index (χ1) is 14.5. The number of rotatable bonds is 9. The fourth-order valence-electron chi connectivity index (χ4n) is 3.60.